The van der Waals surface area contributed by atoms with Gasteiger partial charge in [-0.05, 0) is 361 Å². The number of ether oxygens (including phenoxy) is 4. The molecule has 0 spiro atoms. The van der Waals surface area contributed by atoms with Gasteiger partial charge in [-0.3, -0.25) is 0 Å². The molecule has 17 aromatic carbocycles. The lowest BCUT2D eigenvalue weighted by atomic mass is 9.76. The first kappa shape index (κ1) is 111. The van der Waals surface area contributed by atoms with Crippen LogP contribution in [0.5, 0.6) is 23.0 Å². The molecule has 8 heteroatoms. The summed E-state index contributed by atoms with van der Waals surface area (Å²) in [6.45, 7) is 33.7. The molecule has 0 aliphatic heterocycles. The van der Waals surface area contributed by atoms with Gasteiger partial charge in [-0.2, -0.15) is 0 Å². The van der Waals surface area contributed by atoms with Gasteiger partial charge in [-0.1, -0.05) is 420 Å². The average molecular weight is 1980 g/mol. The summed E-state index contributed by atoms with van der Waals surface area (Å²) in [5.74, 6) is 11.8. The lowest BCUT2D eigenvalue weighted by molar-refractivity contribution is 0.0720. The van der Waals surface area contributed by atoms with Crippen LogP contribution in [-0.2, 0) is 0 Å². The first-order valence-electron chi connectivity index (χ1n) is 53.1. The van der Waals surface area contributed by atoms with E-state index in [-0.39, 0.29) is 11.9 Å². The summed E-state index contributed by atoms with van der Waals surface area (Å²) in [6.07, 6.45) is 16.5. The highest BCUT2D eigenvalue weighted by atomic mass is 16.5. The van der Waals surface area contributed by atoms with Gasteiger partial charge < -0.3 is 18.9 Å². The van der Waals surface area contributed by atoms with E-state index >= 15 is 0 Å². The van der Waals surface area contributed by atoms with Crippen molar-refractivity contribution in [3.63, 3.8) is 0 Å². The smallest absolute Gasteiger partial charge is 0.343 e. The second-order valence-electron chi connectivity index (χ2n) is 41.1. The minimum atomic E-state index is -0.479. The van der Waals surface area contributed by atoms with Crippen LogP contribution in [0.4, 0.5) is 0 Å². The molecule has 0 N–H and O–H groups in total. The van der Waals surface area contributed by atoms with E-state index in [4.69, 9.17) is 18.9 Å². The van der Waals surface area contributed by atoms with E-state index in [0.717, 1.165) is 85.6 Å². The van der Waals surface area contributed by atoms with Gasteiger partial charge in [0.25, 0.3) is 0 Å². The van der Waals surface area contributed by atoms with E-state index < -0.39 is 11.9 Å². The number of aryl methyl sites for hydroxylation is 14. The summed E-state index contributed by atoms with van der Waals surface area (Å²) in [7, 11) is 0. The Hall–Kier alpha value is -15.8. The van der Waals surface area contributed by atoms with Crippen molar-refractivity contribution < 1.29 is 38.1 Å². The Morgan fingerprint density at radius 3 is 0.487 bits per heavy atom. The quantitative estimate of drug-likeness (QED) is 0.0568. The fourth-order valence-corrected chi connectivity index (χ4v) is 18.1. The van der Waals surface area contributed by atoms with Gasteiger partial charge in [0.1, 0.15) is 23.0 Å². The molecule has 0 heterocycles. The van der Waals surface area contributed by atoms with Crippen molar-refractivity contribution in [2.24, 2.45) is 11.8 Å². The fourth-order valence-electron chi connectivity index (χ4n) is 18.1. The van der Waals surface area contributed by atoms with Crippen molar-refractivity contribution in [1.82, 2.24) is 0 Å². The maximum absolute atomic E-state index is 12.2. The van der Waals surface area contributed by atoms with Crippen LogP contribution in [0.25, 0.3) is 33.4 Å². The molecule has 0 bridgehead atoms. The molecule has 0 atom stereocenters. The third kappa shape index (κ3) is 36.6. The lowest BCUT2D eigenvalue weighted by Crippen LogP contribution is -2.12. The number of benzene rings is 17. The Labute approximate surface area is 893 Å². The van der Waals surface area contributed by atoms with Crippen LogP contribution < -0.4 is 18.9 Å². The van der Waals surface area contributed by atoms with Gasteiger partial charge in [-0.15, -0.1) is 0 Å². The standard InChI is InChI=1S/C22H18O4.C21H18O2.2C20H24.C16H14.C15H14O2.C14H20.C14H14/c1-15-3-11-19(12-4-15)25-21(23)17-7-9-18(10-8-17)22(24)26-20-13-5-16(2)6-14-20;1-15-3-7-17(8-4-15)18-9-11-19(12-10-18)21(22)23-20-13-5-16(2)6-14-20;2*1-15-3-7-17(8-4-15)19-11-13-20(14-12-19)18-9-5-16(2)6-10-18;1-13-3-7-15(8-4-13)11-12-16-9-5-14(2)6-10-16;1-11-3-7-13(8-4-11)15(16)17-14-9-5-12(2)6-10-14;2*1-11-3-7-13(8-4-11)14-9-5-12(2)6-10-14/h3-14H,1-2H3;3-14H,1-2H3;3-4,7-8,11-14,16,18H,5-6,9-10H2,1-2H3;3-10,19-20H,11-14H2,1-2H3;3-10H,1-2H3;3-10H,1-2H3;3-4,7-8,12,14H,5-6,9-10H2,1-2H3;3-10H,1-2H3. The predicted molar refractivity (Wildman–Crippen MR) is 623 cm³/mol. The zero-order chi connectivity index (χ0) is 106. The largest absolute Gasteiger partial charge is 0.423 e. The third-order valence-corrected chi connectivity index (χ3v) is 28.1. The number of hydrogen-bond acceptors (Lipinski definition) is 8. The predicted octanol–water partition coefficient (Wildman–Crippen LogP) is 37.1. The van der Waals surface area contributed by atoms with Crippen molar-refractivity contribution in [1.29, 1.82) is 0 Å². The summed E-state index contributed by atoms with van der Waals surface area (Å²) < 4.78 is 21.2. The van der Waals surface area contributed by atoms with Crippen LogP contribution in [0.15, 0.2) is 413 Å². The molecule has 8 nitrogen and oxygen atoms in total. The van der Waals surface area contributed by atoms with Crippen molar-refractivity contribution in [3.8, 4) is 68.2 Å². The summed E-state index contributed by atoms with van der Waals surface area (Å²) in [5.41, 5.74) is 34.9. The van der Waals surface area contributed by atoms with E-state index in [1.165, 1.54) is 166 Å². The van der Waals surface area contributed by atoms with Crippen molar-refractivity contribution in [2.75, 3.05) is 0 Å². The normalized spacial score (nSPS) is 15.1. The minimum absolute atomic E-state index is 0.325. The molecule has 0 unspecified atom stereocenters. The van der Waals surface area contributed by atoms with Crippen molar-refractivity contribution >= 4 is 23.9 Å². The first-order chi connectivity index (χ1) is 72.5. The molecule has 0 radical (unpaired) electrons. The molecule has 20 rings (SSSR count). The van der Waals surface area contributed by atoms with E-state index in [2.05, 4.69) is 331 Å². The van der Waals surface area contributed by atoms with Gasteiger partial charge in [0.05, 0.1) is 22.3 Å². The molecule has 0 aromatic heterocycles. The number of esters is 4. The van der Waals surface area contributed by atoms with Gasteiger partial charge in [0, 0.05) is 11.1 Å². The Bertz CT molecular complexity index is 6860. The topological polar surface area (TPSA) is 105 Å². The maximum Gasteiger partial charge on any atom is 0.343 e. The summed E-state index contributed by atoms with van der Waals surface area (Å²) in [4.78, 5) is 48.3. The molecule has 0 saturated heterocycles. The summed E-state index contributed by atoms with van der Waals surface area (Å²) >= 11 is 0. The Balaban J connectivity index is 0.000000144. The molecule has 3 fully saturated rings. The highest BCUT2D eigenvalue weighted by molar-refractivity contribution is 5.95. The fraction of sp³-hybridized carbons (Fsp3) is 0.239. The van der Waals surface area contributed by atoms with E-state index in [9.17, 15) is 19.2 Å². The van der Waals surface area contributed by atoms with E-state index in [1.54, 1.807) is 103 Å². The van der Waals surface area contributed by atoms with Crippen molar-refractivity contribution in [3.05, 3.63) is 546 Å². The molecular weight excluding hydrogens is 1830 g/mol. The molecule has 3 saturated carbocycles. The number of carbonyl (C=O) groups excluding carboxylic acids is 4. The highest BCUT2D eigenvalue weighted by Crippen LogP contribution is 2.42. The Morgan fingerprint density at radius 2 is 0.293 bits per heavy atom. The van der Waals surface area contributed by atoms with Gasteiger partial charge in [-0.25, -0.2) is 19.2 Å². The number of hydrogen-bond donors (Lipinski definition) is 0. The van der Waals surface area contributed by atoms with Crippen LogP contribution in [0.2, 0.25) is 0 Å². The number of carbonyl (C=O) groups is 4. The molecule has 17 aromatic rings. The van der Waals surface area contributed by atoms with Gasteiger partial charge in [0.15, 0.2) is 0 Å². The zero-order valence-electron chi connectivity index (χ0n) is 90.5. The third-order valence-electron chi connectivity index (χ3n) is 28.1. The summed E-state index contributed by atoms with van der Waals surface area (Å²) in [5, 5.41) is 0. The lowest BCUT2D eigenvalue weighted by Gasteiger charge is -2.29. The second-order valence-corrected chi connectivity index (χ2v) is 41.1. The van der Waals surface area contributed by atoms with Crippen LogP contribution in [0.3, 0.4) is 0 Å². The SMILES string of the molecule is Cc1ccc(-c2ccc(C)cc2)cc1.Cc1ccc(-c2ccc(C3CCC(C)CC3)cc2)cc1.Cc1ccc(C#Cc2ccc(C)cc2)cc1.Cc1ccc(C2CCC(C)CC2)cc1.Cc1ccc(C2CCC(c3ccc(C)cc3)CC2)cc1.Cc1ccc(OC(=O)c2ccc(-c3ccc(C)cc3)cc2)cc1.Cc1ccc(OC(=O)c2ccc(C(=O)Oc3ccc(C)cc3)cc2)cc1.Cc1ccc(OC(=O)c2ccc(C)cc2)cc1. The molecular formula is C142H146O8. The molecule has 3 aliphatic rings. The maximum atomic E-state index is 12.2. The minimum Gasteiger partial charge on any atom is -0.423 e. The van der Waals surface area contributed by atoms with Gasteiger partial charge >= 0.3 is 23.9 Å². The zero-order valence-corrected chi connectivity index (χ0v) is 90.5. The van der Waals surface area contributed by atoms with E-state index in [1.807, 2.05) is 107 Å². The molecule has 0 amide bonds. The Morgan fingerprint density at radius 1 is 0.167 bits per heavy atom. The summed E-state index contributed by atoms with van der Waals surface area (Å²) in [6, 6.07) is 138. The monoisotopic (exact) mass is 1980 g/mol. The van der Waals surface area contributed by atoms with Crippen LogP contribution in [-0.4, -0.2) is 23.9 Å². The molecule has 762 valence electrons. The average Bonchev–Trinajstić information content (AvgIpc) is 0.791. The molecule has 3 aliphatic carbocycles. The number of rotatable bonds is 15. The highest BCUT2D eigenvalue weighted by Gasteiger charge is 2.25. The Kier molecular flexibility index (Phi) is 42.3. The molecule has 150 heavy (non-hydrogen) atoms. The van der Waals surface area contributed by atoms with Crippen LogP contribution in [0, 0.1) is 121 Å². The van der Waals surface area contributed by atoms with E-state index in [0.29, 0.717) is 45.3 Å². The van der Waals surface area contributed by atoms with Crippen molar-refractivity contribution in [2.45, 2.75) is 212 Å². The van der Waals surface area contributed by atoms with Crippen LogP contribution in [0.1, 0.15) is 267 Å². The first-order valence-corrected chi connectivity index (χ1v) is 53.1. The van der Waals surface area contributed by atoms with Crippen LogP contribution >= 0.6 is 0 Å². The second kappa shape index (κ2) is 56.9. The van der Waals surface area contributed by atoms with Gasteiger partial charge in [0.2, 0.25) is 0 Å².